The molecule has 10 nitrogen and oxygen atoms in total. The van der Waals surface area contributed by atoms with Gasteiger partial charge in [0.15, 0.2) is 5.72 Å². The molecule has 0 aliphatic carbocycles. The van der Waals surface area contributed by atoms with E-state index in [9.17, 15) is 27.9 Å². The Kier molecular flexibility index (Phi) is 6.74. The van der Waals surface area contributed by atoms with Gasteiger partial charge in [0, 0.05) is 16.7 Å². The molecule has 0 saturated heterocycles. The smallest absolute Gasteiger partial charge is 0.475 e. The fourth-order valence-electron chi connectivity index (χ4n) is 3.95. The third-order valence-corrected chi connectivity index (χ3v) is 5.82. The van der Waals surface area contributed by atoms with Crippen LogP contribution in [0.25, 0.3) is 11.0 Å². The number of aliphatic hydroxyl groups is 1. The molecule has 0 saturated carbocycles. The summed E-state index contributed by atoms with van der Waals surface area (Å²) in [6.07, 6.45) is -6.34. The molecule has 1 aromatic heterocycles. The summed E-state index contributed by atoms with van der Waals surface area (Å²) < 4.78 is 31.7. The average Bonchev–Trinajstić information content (AvgIpc) is 3.35. The number of nitrogens with zero attached hydrogens (tertiary/aromatic N) is 2. The first-order chi connectivity index (χ1) is 17.8. The lowest BCUT2D eigenvalue weighted by atomic mass is 9.93. The first kappa shape index (κ1) is 26.4. The lowest BCUT2D eigenvalue weighted by Crippen LogP contribution is -2.45. The number of alkyl halides is 3. The Labute approximate surface area is 215 Å². The number of anilines is 2. The highest BCUT2D eigenvalue weighted by Gasteiger charge is 2.51. The molecule has 0 radical (unpaired) electrons. The molecular weight excluding hydrogens is 533 g/mol. The van der Waals surface area contributed by atoms with E-state index in [-0.39, 0.29) is 11.9 Å². The van der Waals surface area contributed by atoms with Crippen LogP contribution in [0.3, 0.4) is 0 Å². The third kappa shape index (κ3) is 4.71. The summed E-state index contributed by atoms with van der Waals surface area (Å²) in [5.74, 6) is -3.09. The Balaban J connectivity index is 0.000000426. The second kappa shape index (κ2) is 9.68. The van der Waals surface area contributed by atoms with Crippen molar-refractivity contribution in [2.24, 2.45) is 0 Å². The van der Waals surface area contributed by atoms with E-state index >= 15 is 0 Å². The van der Waals surface area contributed by atoms with E-state index in [0.717, 1.165) is 0 Å². The van der Waals surface area contributed by atoms with Crippen molar-refractivity contribution in [3.8, 4) is 0 Å². The number of carboxylic acids is 1. The minimum atomic E-state index is -5.08. The Morgan fingerprint density at radius 2 is 1.66 bits per heavy atom. The summed E-state index contributed by atoms with van der Waals surface area (Å²) in [5.41, 5.74) is 0.696. The second-order valence-corrected chi connectivity index (χ2v) is 8.27. The van der Waals surface area contributed by atoms with E-state index in [2.05, 4.69) is 15.3 Å². The summed E-state index contributed by atoms with van der Waals surface area (Å²) in [5, 5.41) is 30.6. The molecule has 2 heterocycles. The van der Waals surface area contributed by atoms with Gasteiger partial charge in [-0.1, -0.05) is 48.0 Å². The number of carboxylic acid groups (broad SMARTS) is 2. The number of imidazole rings is 1. The van der Waals surface area contributed by atoms with Gasteiger partial charge in [-0.25, -0.2) is 14.6 Å². The number of hydrogen-bond donors (Lipinski definition) is 5. The number of rotatable bonds is 3. The molecule has 1 aliphatic heterocycles. The van der Waals surface area contributed by atoms with Crippen molar-refractivity contribution in [3.63, 3.8) is 0 Å². The average molecular weight is 549 g/mol. The van der Waals surface area contributed by atoms with Crippen LogP contribution in [0.5, 0.6) is 0 Å². The van der Waals surface area contributed by atoms with Gasteiger partial charge < -0.3 is 20.3 Å². The summed E-state index contributed by atoms with van der Waals surface area (Å²) in [7, 11) is 0. The standard InChI is InChI=1S/C22H15ClN4O4.C2HF3O2/c23-15-7-3-4-8-18(15)27-19(28)13-5-1-2-6-14(13)22(27,31)12-9-10-16-17(11-12)25-20(24-16)26-21(29)30;3-2(4,5)1(6)7/h1-11,31H,(H,29,30)(H2,24,25,26);(H,6,7). The summed E-state index contributed by atoms with van der Waals surface area (Å²) >= 11 is 6.39. The van der Waals surface area contributed by atoms with Crippen molar-refractivity contribution in [2.75, 3.05) is 10.2 Å². The number of carbonyl (C=O) groups excluding carboxylic acids is 1. The van der Waals surface area contributed by atoms with E-state index in [0.29, 0.717) is 38.4 Å². The number of halogens is 4. The maximum atomic E-state index is 13.3. The molecule has 14 heteroatoms. The van der Waals surface area contributed by atoms with Gasteiger partial charge in [-0.3, -0.25) is 15.0 Å². The topological polar surface area (TPSA) is 156 Å². The molecule has 1 aliphatic rings. The normalized spacial score (nSPS) is 16.6. The number of hydrogen-bond acceptors (Lipinski definition) is 5. The molecule has 2 amide bonds. The third-order valence-electron chi connectivity index (χ3n) is 5.51. The predicted molar refractivity (Wildman–Crippen MR) is 129 cm³/mol. The van der Waals surface area contributed by atoms with E-state index < -0.39 is 24.0 Å². The van der Waals surface area contributed by atoms with Crippen molar-refractivity contribution in [1.29, 1.82) is 0 Å². The van der Waals surface area contributed by atoms with Crippen LogP contribution in [0.2, 0.25) is 5.02 Å². The highest BCUT2D eigenvalue weighted by atomic mass is 35.5. The van der Waals surface area contributed by atoms with Gasteiger partial charge in [-0.05, 0) is 30.3 Å². The Hall–Kier alpha value is -4.62. The van der Waals surface area contributed by atoms with Crippen LogP contribution in [0.1, 0.15) is 21.5 Å². The van der Waals surface area contributed by atoms with Gasteiger partial charge in [-0.2, -0.15) is 13.2 Å². The van der Waals surface area contributed by atoms with Gasteiger partial charge in [-0.15, -0.1) is 0 Å². The fraction of sp³-hybridized carbons (Fsp3) is 0.0833. The Bertz CT molecular complexity index is 1570. The quantitative estimate of drug-likeness (QED) is 0.246. The van der Waals surface area contributed by atoms with Gasteiger partial charge >= 0.3 is 18.2 Å². The number of aromatic nitrogens is 2. The maximum absolute atomic E-state index is 13.3. The number of benzene rings is 3. The molecule has 0 bridgehead atoms. The lowest BCUT2D eigenvalue weighted by molar-refractivity contribution is -0.192. The van der Waals surface area contributed by atoms with Crippen LogP contribution in [0, 0.1) is 0 Å². The number of aromatic amines is 1. The Morgan fingerprint density at radius 1 is 1.03 bits per heavy atom. The number of para-hydroxylation sites is 1. The molecule has 0 fully saturated rings. The summed E-state index contributed by atoms with van der Waals surface area (Å²) in [6, 6.07) is 18.5. The van der Waals surface area contributed by atoms with E-state index in [1.807, 2.05) is 0 Å². The molecule has 1 atom stereocenters. The first-order valence-electron chi connectivity index (χ1n) is 10.5. The van der Waals surface area contributed by atoms with Gasteiger partial charge in [0.2, 0.25) is 5.95 Å². The zero-order valence-electron chi connectivity index (χ0n) is 18.8. The molecule has 38 heavy (non-hydrogen) atoms. The Morgan fingerprint density at radius 3 is 2.29 bits per heavy atom. The molecule has 3 aromatic carbocycles. The zero-order chi connectivity index (χ0) is 27.8. The number of aliphatic carboxylic acids is 1. The zero-order valence-corrected chi connectivity index (χ0v) is 19.6. The lowest BCUT2D eigenvalue weighted by Gasteiger charge is -2.35. The number of nitrogens with one attached hydrogen (secondary N) is 2. The number of fused-ring (bicyclic) bond motifs is 2. The molecule has 5 N–H and O–H groups in total. The molecule has 5 rings (SSSR count). The van der Waals surface area contributed by atoms with Crippen molar-refractivity contribution in [1.82, 2.24) is 9.97 Å². The number of carbonyl (C=O) groups is 3. The second-order valence-electron chi connectivity index (χ2n) is 7.86. The molecule has 1 unspecified atom stereocenters. The van der Waals surface area contributed by atoms with Crippen molar-refractivity contribution >= 4 is 52.2 Å². The molecule has 4 aromatic rings. The molecule has 196 valence electrons. The predicted octanol–water partition coefficient (Wildman–Crippen LogP) is 4.79. The van der Waals surface area contributed by atoms with Crippen LogP contribution >= 0.6 is 11.6 Å². The molecule has 0 spiro atoms. The highest BCUT2D eigenvalue weighted by molar-refractivity contribution is 6.34. The summed E-state index contributed by atoms with van der Waals surface area (Å²) in [6.45, 7) is 0. The summed E-state index contributed by atoms with van der Waals surface area (Å²) in [4.78, 5) is 41.4. The SMILES string of the molecule is O=C(O)C(F)(F)F.O=C(O)Nc1nc2ccc(C3(O)c4ccccc4C(=O)N3c3ccccc3Cl)cc2[nH]1. The highest BCUT2D eigenvalue weighted by Crippen LogP contribution is 2.47. The van der Waals surface area contributed by atoms with Crippen LogP contribution in [0.15, 0.2) is 66.7 Å². The van der Waals surface area contributed by atoms with Gasteiger partial charge in [0.1, 0.15) is 0 Å². The molecular formula is C24H16ClF3N4O6. The number of amides is 2. The first-order valence-corrected chi connectivity index (χ1v) is 10.9. The van der Waals surface area contributed by atoms with E-state index in [4.69, 9.17) is 26.6 Å². The maximum Gasteiger partial charge on any atom is 0.490 e. The van der Waals surface area contributed by atoms with E-state index in [1.165, 1.54) is 4.90 Å². The van der Waals surface area contributed by atoms with Crippen molar-refractivity contribution < 1.29 is 42.9 Å². The van der Waals surface area contributed by atoms with Crippen LogP contribution in [0.4, 0.5) is 29.6 Å². The number of H-pyrrole nitrogens is 1. The van der Waals surface area contributed by atoms with Crippen LogP contribution in [-0.4, -0.2) is 49.4 Å². The van der Waals surface area contributed by atoms with E-state index in [1.54, 1.807) is 66.7 Å². The van der Waals surface area contributed by atoms with Gasteiger partial charge in [0.25, 0.3) is 5.91 Å². The van der Waals surface area contributed by atoms with Crippen LogP contribution in [-0.2, 0) is 10.5 Å². The monoisotopic (exact) mass is 548 g/mol. The van der Waals surface area contributed by atoms with Crippen molar-refractivity contribution in [2.45, 2.75) is 11.9 Å². The van der Waals surface area contributed by atoms with Gasteiger partial charge in [0.05, 0.1) is 21.7 Å². The largest absolute Gasteiger partial charge is 0.490 e. The fourth-order valence-corrected chi connectivity index (χ4v) is 4.17. The van der Waals surface area contributed by atoms with Crippen LogP contribution < -0.4 is 10.2 Å². The minimum Gasteiger partial charge on any atom is -0.475 e. The van der Waals surface area contributed by atoms with Crippen molar-refractivity contribution in [3.05, 3.63) is 88.4 Å². The minimum absolute atomic E-state index is 0.0532.